The summed E-state index contributed by atoms with van der Waals surface area (Å²) in [6.45, 7) is 7.01. The predicted octanol–water partition coefficient (Wildman–Crippen LogP) is 5.64. The van der Waals surface area contributed by atoms with Crippen LogP contribution in [0.15, 0.2) is 36.4 Å². The molecule has 0 saturated heterocycles. The normalized spacial score (nSPS) is 22.0. The molecule has 0 radical (unpaired) electrons. The van der Waals surface area contributed by atoms with Gasteiger partial charge in [-0.2, -0.15) is 0 Å². The maximum Gasteiger partial charge on any atom is 0.150 e. The van der Waals surface area contributed by atoms with Crippen molar-refractivity contribution in [1.82, 2.24) is 0 Å². The number of fused-ring (bicyclic) bond motifs is 1. The van der Waals surface area contributed by atoms with E-state index in [4.69, 9.17) is 4.74 Å². The average Bonchev–Trinajstić information content (AvgIpc) is 2.54. The van der Waals surface area contributed by atoms with Gasteiger partial charge >= 0.3 is 0 Å². The lowest BCUT2D eigenvalue weighted by atomic mass is 9.72. The largest absolute Gasteiger partial charge is 0.490 e. The van der Waals surface area contributed by atoms with Crippen LogP contribution in [0.3, 0.4) is 0 Å². The molecule has 2 nitrogen and oxygen atoms in total. The standard InChI is InChI=1S/C21H26O2/c1-21(2,3)16-10-12-17(13-11-16)23-20-9-5-7-18-15(14-22)6-4-8-19(18)20/h4-9,14,16-17H,10-13H2,1-3H3/t16-,17-. The molecule has 2 aromatic carbocycles. The number of aldehydes is 1. The van der Waals surface area contributed by atoms with Crippen LogP contribution in [0.25, 0.3) is 10.8 Å². The number of ether oxygens (including phenoxy) is 1. The molecule has 0 N–H and O–H groups in total. The molecule has 0 aromatic heterocycles. The van der Waals surface area contributed by atoms with Crippen molar-refractivity contribution in [1.29, 1.82) is 0 Å². The Hall–Kier alpha value is -1.83. The topological polar surface area (TPSA) is 26.3 Å². The monoisotopic (exact) mass is 310 g/mol. The molecule has 1 aliphatic carbocycles. The molecule has 0 unspecified atom stereocenters. The molecule has 0 spiro atoms. The number of carbonyl (C=O) groups is 1. The third-order valence-electron chi connectivity index (χ3n) is 5.24. The molecule has 2 aromatic rings. The van der Waals surface area contributed by atoms with Crippen LogP contribution in [0.5, 0.6) is 5.75 Å². The third-order valence-corrected chi connectivity index (χ3v) is 5.24. The fraction of sp³-hybridized carbons (Fsp3) is 0.476. The number of rotatable bonds is 3. The molecule has 2 heteroatoms. The summed E-state index contributed by atoms with van der Waals surface area (Å²) >= 11 is 0. The molecule has 3 rings (SSSR count). The van der Waals surface area contributed by atoms with Gasteiger partial charge in [-0.25, -0.2) is 0 Å². The minimum absolute atomic E-state index is 0.291. The fourth-order valence-corrected chi connectivity index (χ4v) is 3.74. The summed E-state index contributed by atoms with van der Waals surface area (Å²) in [5.41, 5.74) is 1.12. The van der Waals surface area contributed by atoms with E-state index in [0.29, 0.717) is 11.5 Å². The number of hydrogen-bond acceptors (Lipinski definition) is 2. The van der Waals surface area contributed by atoms with Crippen molar-refractivity contribution in [3.05, 3.63) is 42.0 Å². The predicted molar refractivity (Wildman–Crippen MR) is 95.2 cm³/mol. The van der Waals surface area contributed by atoms with E-state index >= 15 is 0 Å². The van der Waals surface area contributed by atoms with Crippen LogP contribution in [0.1, 0.15) is 56.8 Å². The first-order chi connectivity index (χ1) is 11.0. The van der Waals surface area contributed by atoms with Gasteiger partial charge in [-0.05, 0) is 48.5 Å². The first-order valence-electron chi connectivity index (χ1n) is 8.62. The van der Waals surface area contributed by atoms with E-state index in [1.807, 2.05) is 36.4 Å². The highest BCUT2D eigenvalue weighted by atomic mass is 16.5. The summed E-state index contributed by atoms with van der Waals surface area (Å²) in [7, 11) is 0. The first-order valence-corrected chi connectivity index (χ1v) is 8.62. The maximum atomic E-state index is 11.2. The third kappa shape index (κ3) is 3.41. The lowest BCUT2D eigenvalue weighted by Crippen LogP contribution is -2.30. The highest BCUT2D eigenvalue weighted by molar-refractivity contribution is 6.00. The molecule has 1 aliphatic rings. The van der Waals surface area contributed by atoms with Gasteiger partial charge in [0.25, 0.3) is 0 Å². The van der Waals surface area contributed by atoms with E-state index in [-0.39, 0.29) is 0 Å². The summed E-state index contributed by atoms with van der Waals surface area (Å²) in [5, 5.41) is 2.01. The molecule has 0 amide bonds. The van der Waals surface area contributed by atoms with Gasteiger partial charge in [0, 0.05) is 10.9 Å². The van der Waals surface area contributed by atoms with E-state index in [1.165, 1.54) is 12.8 Å². The van der Waals surface area contributed by atoms with Crippen molar-refractivity contribution in [3.63, 3.8) is 0 Å². The second-order valence-electron chi connectivity index (χ2n) is 7.77. The van der Waals surface area contributed by atoms with Crippen LogP contribution < -0.4 is 4.74 Å². The molecule has 122 valence electrons. The van der Waals surface area contributed by atoms with Crippen LogP contribution in [0, 0.1) is 11.3 Å². The summed E-state index contributed by atoms with van der Waals surface area (Å²) < 4.78 is 6.31. The highest BCUT2D eigenvalue weighted by Gasteiger charge is 2.30. The minimum atomic E-state index is 0.291. The average molecular weight is 310 g/mol. The SMILES string of the molecule is CC(C)(C)[C@H]1CC[C@H](Oc2cccc3c(C=O)cccc23)CC1. The summed E-state index contributed by atoms with van der Waals surface area (Å²) in [5.74, 6) is 1.70. The van der Waals surface area contributed by atoms with Gasteiger partial charge in [0.1, 0.15) is 5.75 Å². The summed E-state index contributed by atoms with van der Waals surface area (Å²) in [4.78, 5) is 11.2. The van der Waals surface area contributed by atoms with Crippen LogP contribution in [0.2, 0.25) is 0 Å². The van der Waals surface area contributed by atoms with Gasteiger partial charge in [0.15, 0.2) is 6.29 Å². The summed E-state index contributed by atoms with van der Waals surface area (Å²) in [6.07, 6.45) is 5.91. The lowest BCUT2D eigenvalue weighted by molar-refractivity contribution is 0.0892. The van der Waals surface area contributed by atoms with Crippen molar-refractivity contribution in [2.45, 2.75) is 52.6 Å². The Balaban J connectivity index is 1.77. The molecule has 0 aliphatic heterocycles. The summed E-state index contributed by atoms with van der Waals surface area (Å²) in [6, 6.07) is 11.8. The zero-order valence-corrected chi connectivity index (χ0v) is 14.3. The maximum absolute atomic E-state index is 11.2. The van der Waals surface area contributed by atoms with E-state index in [2.05, 4.69) is 20.8 Å². The quantitative estimate of drug-likeness (QED) is 0.686. The van der Waals surface area contributed by atoms with Crippen molar-refractivity contribution in [2.24, 2.45) is 11.3 Å². The number of carbonyl (C=O) groups excluding carboxylic acids is 1. The van der Waals surface area contributed by atoms with E-state index in [0.717, 1.165) is 47.1 Å². The Labute approximate surface area is 138 Å². The second-order valence-corrected chi connectivity index (χ2v) is 7.77. The smallest absolute Gasteiger partial charge is 0.150 e. The van der Waals surface area contributed by atoms with E-state index in [1.54, 1.807) is 0 Å². The van der Waals surface area contributed by atoms with Crippen molar-refractivity contribution in [3.8, 4) is 5.75 Å². The Morgan fingerprint density at radius 3 is 2.26 bits per heavy atom. The molecule has 23 heavy (non-hydrogen) atoms. The van der Waals surface area contributed by atoms with Crippen molar-refractivity contribution in [2.75, 3.05) is 0 Å². The Bertz CT molecular complexity index is 689. The van der Waals surface area contributed by atoms with Gasteiger partial charge in [-0.15, -0.1) is 0 Å². The van der Waals surface area contributed by atoms with E-state index in [9.17, 15) is 4.79 Å². The fourth-order valence-electron chi connectivity index (χ4n) is 3.74. The molecule has 1 fully saturated rings. The molecule has 1 saturated carbocycles. The van der Waals surface area contributed by atoms with Gasteiger partial charge in [-0.3, -0.25) is 4.79 Å². The Kier molecular flexibility index (Phi) is 4.43. The number of hydrogen-bond donors (Lipinski definition) is 0. The van der Waals surface area contributed by atoms with Gasteiger partial charge in [0.2, 0.25) is 0 Å². The van der Waals surface area contributed by atoms with E-state index < -0.39 is 0 Å². The molecule has 0 bridgehead atoms. The van der Waals surface area contributed by atoms with Crippen LogP contribution in [0.4, 0.5) is 0 Å². The van der Waals surface area contributed by atoms with Crippen molar-refractivity contribution < 1.29 is 9.53 Å². The lowest BCUT2D eigenvalue weighted by Gasteiger charge is -2.37. The molecular weight excluding hydrogens is 284 g/mol. The van der Waals surface area contributed by atoms with Gasteiger partial charge in [-0.1, -0.05) is 51.1 Å². The highest BCUT2D eigenvalue weighted by Crippen LogP contribution is 2.39. The van der Waals surface area contributed by atoms with Crippen LogP contribution in [-0.2, 0) is 0 Å². The molecule has 0 heterocycles. The molecule has 0 atom stereocenters. The van der Waals surface area contributed by atoms with Gasteiger partial charge in [0.05, 0.1) is 6.10 Å². The van der Waals surface area contributed by atoms with Crippen LogP contribution in [-0.4, -0.2) is 12.4 Å². The minimum Gasteiger partial charge on any atom is -0.490 e. The van der Waals surface area contributed by atoms with Gasteiger partial charge < -0.3 is 4.74 Å². The first kappa shape index (κ1) is 16.0. The Morgan fingerprint density at radius 1 is 0.957 bits per heavy atom. The number of benzene rings is 2. The zero-order valence-electron chi connectivity index (χ0n) is 14.3. The van der Waals surface area contributed by atoms with Crippen LogP contribution >= 0.6 is 0 Å². The molecular formula is C21H26O2. The Morgan fingerprint density at radius 2 is 1.61 bits per heavy atom. The van der Waals surface area contributed by atoms with Crippen molar-refractivity contribution >= 4 is 17.1 Å². The zero-order chi connectivity index (χ0) is 16.4. The second kappa shape index (κ2) is 6.35.